The molecule has 5 N–H and O–H groups in total. The quantitative estimate of drug-likeness (QED) is 0.0911. The van der Waals surface area contributed by atoms with E-state index in [1.54, 1.807) is 36.8 Å². The lowest BCUT2D eigenvalue weighted by Crippen LogP contribution is -2.60. The minimum absolute atomic E-state index is 0.134. The molecule has 4 aromatic rings. The number of pyridine rings is 1. The van der Waals surface area contributed by atoms with Gasteiger partial charge in [0.2, 0.25) is 5.91 Å². The van der Waals surface area contributed by atoms with Crippen LogP contribution in [-0.2, 0) is 29.1 Å². The van der Waals surface area contributed by atoms with Crippen LogP contribution < -0.4 is 16.1 Å². The molecule has 0 saturated carbocycles. The lowest BCUT2D eigenvalue weighted by Gasteiger charge is -2.35. The Bertz CT molecular complexity index is 1950. The number of rotatable bonds is 17. The van der Waals surface area contributed by atoms with E-state index < -0.39 is 47.6 Å². The molecular formula is C42H54N8O6S. The third-order valence-electron chi connectivity index (χ3n) is 9.83. The van der Waals surface area contributed by atoms with Crippen molar-refractivity contribution in [2.45, 2.75) is 85.3 Å². The summed E-state index contributed by atoms with van der Waals surface area (Å²) >= 11 is 1.52. The van der Waals surface area contributed by atoms with Gasteiger partial charge in [-0.2, -0.15) is 0 Å². The highest BCUT2D eigenvalue weighted by Crippen LogP contribution is 2.24. The number of carboxylic acid groups (broad SMARTS) is 1. The van der Waals surface area contributed by atoms with Crippen LogP contribution >= 0.6 is 11.3 Å². The van der Waals surface area contributed by atoms with Gasteiger partial charge in [0.05, 0.1) is 35.1 Å². The predicted molar refractivity (Wildman–Crippen MR) is 219 cm³/mol. The first-order valence-corrected chi connectivity index (χ1v) is 20.0. The maximum absolute atomic E-state index is 14.3. The molecule has 0 spiro atoms. The SMILES string of the molecule is Cc1nc(CN2CCN([C@H](C(=O)N[C@@H](Cc3ccccc3)[C@@H](O)CN(Cc3ccc(-c4ccccn4)cc3)NC(=O)[C@@H](NC(=O)O)C(C)(C)C)C(C)C)C2=O)cs1. The lowest BCUT2D eigenvalue weighted by molar-refractivity contribution is -0.132. The van der Waals surface area contributed by atoms with Gasteiger partial charge in [-0.25, -0.2) is 19.6 Å². The van der Waals surface area contributed by atoms with Crippen molar-refractivity contribution in [3.63, 3.8) is 0 Å². The number of thiazole rings is 1. The van der Waals surface area contributed by atoms with Crippen LogP contribution in [0.1, 0.15) is 56.4 Å². The average molecular weight is 799 g/mol. The van der Waals surface area contributed by atoms with E-state index in [0.717, 1.165) is 33.1 Å². The summed E-state index contributed by atoms with van der Waals surface area (Å²) < 4.78 is 0. The second-order valence-corrected chi connectivity index (χ2v) is 16.9. The molecule has 4 atom stereocenters. The summed E-state index contributed by atoms with van der Waals surface area (Å²) in [5.74, 6) is -1.25. The summed E-state index contributed by atoms with van der Waals surface area (Å²) in [6.45, 7) is 12.1. The fraction of sp³-hybridized carbons (Fsp3) is 0.429. The smallest absolute Gasteiger partial charge is 0.405 e. The van der Waals surface area contributed by atoms with Crippen LogP contribution in [0.15, 0.2) is 84.4 Å². The number of nitrogens with zero attached hydrogens (tertiary/aromatic N) is 5. The number of carbonyl (C=O) groups excluding carboxylic acids is 3. The number of hydrogen-bond acceptors (Lipinski definition) is 9. The molecular weight excluding hydrogens is 745 g/mol. The van der Waals surface area contributed by atoms with Crippen molar-refractivity contribution in [2.75, 3.05) is 19.6 Å². The first kappa shape index (κ1) is 42.8. The van der Waals surface area contributed by atoms with Gasteiger partial charge in [-0.1, -0.05) is 95.3 Å². The molecule has 0 aliphatic carbocycles. The molecule has 3 heterocycles. The molecule has 1 aliphatic heterocycles. The normalized spacial score (nSPS) is 15.4. The minimum Gasteiger partial charge on any atom is -0.465 e. The van der Waals surface area contributed by atoms with Crippen LogP contribution in [0.5, 0.6) is 0 Å². The van der Waals surface area contributed by atoms with Gasteiger partial charge in [0, 0.05) is 43.3 Å². The molecule has 1 aliphatic rings. The Labute approximate surface area is 338 Å². The number of benzene rings is 2. The fourth-order valence-electron chi connectivity index (χ4n) is 6.96. The van der Waals surface area contributed by atoms with Gasteiger partial charge in [0.15, 0.2) is 0 Å². The van der Waals surface area contributed by atoms with Crippen molar-refractivity contribution in [1.82, 2.24) is 40.8 Å². The van der Waals surface area contributed by atoms with Crippen molar-refractivity contribution in [1.29, 1.82) is 0 Å². The Morgan fingerprint density at radius 2 is 1.63 bits per heavy atom. The molecule has 0 unspecified atom stereocenters. The minimum atomic E-state index is -1.34. The molecule has 0 bridgehead atoms. The van der Waals surface area contributed by atoms with E-state index in [4.69, 9.17) is 0 Å². The van der Waals surface area contributed by atoms with Crippen molar-refractivity contribution in [3.8, 4) is 11.3 Å². The van der Waals surface area contributed by atoms with Crippen LogP contribution in [0.4, 0.5) is 9.59 Å². The summed E-state index contributed by atoms with van der Waals surface area (Å²) in [7, 11) is 0. The van der Waals surface area contributed by atoms with E-state index in [1.165, 1.54) is 16.3 Å². The average Bonchev–Trinajstić information content (AvgIpc) is 3.74. The predicted octanol–water partition coefficient (Wildman–Crippen LogP) is 5.08. The highest BCUT2D eigenvalue weighted by molar-refractivity contribution is 7.09. The number of hydrogen-bond donors (Lipinski definition) is 5. The molecule has 5 rings (SSSR count). The Kier molecular flexibility index (Phi) is 14.4. The number of carbonyl (C=O) groups is 4. The lowest BCUT2D eigenvalue weighted by atomic mass is 9.86. The van der Waals surface area contributed by atoms with Gasteiger partial charge in [-0.15, -0.1) is 11.3 Å². The Hall–Kier alpha value is -5.38. The summed E-state index contributed by atoms with van der Waals surface area (Å²) in [6.07, 6.45) is -0.595. The van der Waals surface area contributed by atoms with E-state index >= 15 is 0 Å². The third kappa shape index (κ3) is 11.8. The Morgan fingerprint density at radius 3 is 2.23 bits per heavy atom. The first-order valence-electron chi connectivity index (χ1n) is 19.1. The third-order valence-corrected chi connectivity index (χ3v) is 10.7. The van der Waals surface area contributed by atoms with Gasteiger partial charge in [0.25, 0.3) is 5.91 Å². The molecule has 5 amide bonds. The molecule has 14 nitrogen and oxygen atoms in total. The van der Waals surface area contributed by atoms with E-state index in [-0.39, 0.29) is 31.5 Å². The van der Waals surface area contributed by atoms with E-state index in [9.17, 15) is 29.4 Å². The summed E-state index contributed by atoms with van der Waals surface area (Å²) in [4.78, 5) is 65.7. The maximum Gasteiger partial charge on any atom is 0.405 e. The molecule has 2 aromatic carbocycles. The second kappa shape index (κ2) is 19.2. The number of amides is 5. The summed E-state index contributed by atoms with van der Waals surface area (Å²) in [5.41, 5.74) is 6.25. The largest absolute Gasteiger partial charge is 0.465 e. The van der Waals surface area contributed by atoms with Crippen LogP contribution in [-0.4, -0.2) is 103 Å². The van der Waals surface area contributed by atoms with Gasteiger partial charge >= 0.3 is 12.1 Å². The highest BCUT2D eigenvalue weighted by atomic mass is 32.1. The van der Waals surface area contributed by atoms with Crippen LogP contribution in [0, 0.1) is 18.3 Å². The Balaban J connectivity index is 1.39. The number of urea groups is 1. The molecule has 15 heteroatoms. The van der Waals surface area contributed by atoms with E-state index in [0.29, 0.717) is 19.6 Å². The van der Waals surface area contributed by atoms with Crippen molar-refractivity contribution in [2.24, 2.45) is 11.3 Å². The number of aromatic nitrogens is 2. The Morgan fingerprint density at radius 1 is 0.930 bits per heavy atom. The second-order valence-electron chi connectivity index (χ2n) is 15.8. The van der Waals surface area contributed by atoms with Gasteiger partial charge in [-0.05, 0) is 47.9 Å². The van der Waals surface area contributed by atoms with Crippen LogP contribution in [0.2, 0.25) is 0 Å². The standard InChI is InChI=1S/C42H54N8O6S/c1-27(2)36(50-21-20-48(41(50)56)24-32-26-57-28(3)44-32)38(52)45-34(22-29-12-8-7-9-13-29)35(51)25-49(47-39(53)37(42(4,5)6)46-40(54)55)23-30-15-17-31(18-16-30)33-14-10-11-19-43-33/h7-19,26-27,34-37,46,51H,20-25H2,1-6H3,(H,45,52)(H,47,53)(H,54,55)/t34-,35-,36-,37+/m0/s1. The van der Waals surface area contributed by atoms with Crippen molar-refractivity contribution >= 4 is 35.3 Å². The van der Waals surface area contributed by atoms with Crippen LogP contribution in [0.3, 0.4) is 0 Å². The number of hydrazine groups is 1. The van der Waals surface area contributed by atoms with Gasteiger partial charge in [0.1, 0.15) is 12.1 Å². The highest BCUT2D eigenvalue weighted by Gasteiger charge is 2.40. The monoisotopic (exact) mass is 798 g/mol. The maximum atomic E-state index is 14.3. The molecule has 304 valence electrons. The summed E-state index contributed by atoms with van der Waals surface area (Å²) in [6, 6.07) is 19.7. The van der Waals surface area contributed by atoms with Crippen molar-refractivity contribution < 1.29 is 29.4 Å². The number of nitrogens with one attached hydrogen (secondary N) is 3. The number of aryl methyl sites for hydroxylation is 1. The zero-order valence-corrected chi connectivity index (χ0v) is 34.2. The topological polar surface area (TPSA) is 180 Å². The molecule has 1 fully saturated rings. The van der Waals surface area contributed by atoms with Crippen molar-refractivity contribution in [3.05, 3.63) is 106 Å². The van der Waals surface area contributed by atoms with Crippen LogP contribution in [0.25, 0.3) is 11.3 Å². The molecule has 0 radical (unpaired) electrons. The van der Waals surface area contributed by atoms with E-state index in [2.05, 4.69) is 26.0 Å². The molecule has 2 aromatic heterocycles. The zero-order chi connectivity index (χ0) is 41.3. The number of aliphatic hydroxyl groups is 1. The first-order chi connectivity index (χ1) is 27.1. The molecule has 1 saturated heterocycles. The zero-order valence-electron chi connectivity index (χ0n) is 33.4. The van der Waals surface area contributed by atoms with Gasteiger partial charge in [-0.3, -0.25) is 20.0 Å². The number of aliphatic hydroxyl groups excluding tert-OH is 1. The molecule has 57 heavy (non-hydrogen) atoms. The van der Waals surface area contributed by atoms with E-state index in [1.807, 2.05) is 98.9 Å². The fourth-order valence-corrected chi connectivity index (χ4v) is 7.57. The summed E-state index contributed by atoms with van der Waals surface area (Å²) in [5, 5.41) is 31.4. The van der Waals surface area contributed by atoms with Gasteiger partial charge < -0.3 is 30.6 Å².